The molecule has 0 saturated heterocycles. The van der Waals surface area contributed by atoms with E-state index in [9.17, 15) is 10.1 Å². The maximum Gasteiger partial charge on any atom is 0.276 e. The van der Waals surface area contributed by atoms with E-state index >= 15 is 0 Å². The molecule has 0 N–H and O–H groups in total. The summed E-state index contributed by atoms with van der Waals surface area (Å²) in [5.74, 6) is 0. The fourth-order valence-electron chi connectivity index (χ4n) is 1.37. The summed E-state index contributed by atoms with van der Waals surface area (Å²) >= 11 is 0. The fourth-order valence-corrected chi connectivity index (χ4v) is 1.37. The van der Waals surface area contributed by atoms with Crippen molar-refractivity contribution in [1.29, 1.82) is 0 Å². The highest BCUT2D eigenvalue weighted by Crippen LogP contribution is 2.23. The minimum absolute atomic E-state index is 0.243. The molecule has 0 spiro atoms. The van der Waals surface area contributed by atoms with E-state index in [1.165, 1.54) is 0 Å². The van der Waals surface area contributed by atoms with Crippen LogP contribution in [0.1, 0.15) is 25.0 Å². The normalized spacial score (nSPS) is 10.0. The zero-order valence-corrected chi connectivity index (χ0v) is 7.83. The Morgan fingerprint density at radius 1 is 1.46 bits per heavy atom. The first-order chi connectivity index (χ1) is 6.20. The SMILES string of the molecule is CCc1[c]ccc(CC)c1[N+](=O)[O-]. The van der Waals surface area contributed by atoms with Gasteiger partial charge >= 0.3 is 0 Å². The predicted octanol–water partition coefficient (Wildman–Crippen LogP) is 2.52. The van der Waals surface area contributed by atoms with Gasteiger partial charge in [-0.1, -0.05) is 26.0 Å². The molecule has 1 radical (unpaired) electrons. The lowest BCUT2D eigenvalue weighted by atomic mass is 10.0. The second-order valence-corrected chi connectivity index (χ2v) is 2.79. The molecule has 3 nitrogen and oxygen atoms in total. The largest absolute Gasteiger partial charge is 0.276 e. The van der Waals surface area contributed by atoms with Crippen LogP contribution >= 0.6 is 0 Å². The van der Waals surface area contributed by atoms with Gasteiger partial charge in [-0.15, -0.1) is 0 Å². The number of hydrogen-bond donors (Lipinski definition) is 0. The van der Waals surface area contributed by atoms with Crippen molar-refractivity contribution in [3.63, 3.8) is 0 Å². The molecular weight excluding hydrogens is 166 g/mol. The number of aryl methyl sites for hydroxylation is 2. The molecule has 3 heteroatoms. The van der Waals surface area contributed by atoms with Gasteiger partial charge < -0.3 is 0 Å². The Bertz CT molecular complexity index is 298. The van der Waals surface area contributed by atoms with Crippen LogP contribution < -0.4 is 0 Å². The summed E-state index contributed by atoms with van der Waals surface area (Å²) in [6.45, 7) is 3.82. The maximum absolute atomic E-state index is 10.7. The Balaban J connectivity index is 3.29. The highest BCUT2D eigenvalue weighted by molar-refractivity contribution is 5.47. The average molecular weight is 178 g/mol. The summed E-state index contributed by atoms with van der Waals surface area (Å²) in [6, 6.07) is 6.42. The van der Waals surface area contributed by atoms with Crippen molar-refractivity contribution in [3.8, 4) is 0 Å². The monoisotopic (exact) mass is 178 g/mol. The van der Waals surface area contributed by atoms with Crippen molar-refractivity contribution >= 4 is 5.69 Å². The summed E-state index contributed by atoms with van der Waals surface area (Å²) in [6.07, 6.45) is 1.35. The highest BCUT2D eigenvalue weighted by atomic mass is 16.6. The van der Waals surface area contributed by atoms with Gasteiger partial charge in [0.05, 0.1) is 4.92 Å². The Kier molecular flexibility index (Phi) is 3.01. The van der Waals surface area contributed by atoms with E-state index < -0.39 is 0 Å². The van der Waals surface area contributed by atoms with Crippen LogP contribution in [-0.4, -0.2) is 4.92 Å². The fraction of sp³-hybridized carbons (Fsp3) is 0.400. The van der Waals surface area contributed by atoms with Crippen LogP contribution in [0.4, 0.5) is 5.69 Å². The quantitative estimate of drug-likeness (QED) is 0.527. The van der Waals surface area contributed by atoms with E-state index in [2.05, 4.69) is 6.07 Å². The number of nitrogens with zero attached hydrogens (tertiary/aromatic N) is 1. The van der Waals surface area contributed by atoms with Crippen LogP contribution in [0, 0.1) is 16.2 Å². The van der Waals surface area contributed by atoms with Crippen molar-refractivity contribution in [2.75, 3.05) is 0 Å². The molecule has 0 bridgehead atoms. The molecule has 0 atom stereocenters. The molecular formula is C10H12NO2. The molecule has 0 saturated carbocycles. The molecule has 1 rings (SSSR count). The second-order valence-electron chi connectivity index (χ2n) is 2.79. The molecule has 0 heterocycles. The molecule has 0 aliphatic rings. The number of rotatable bonds is 3. The van der Waals surface area contributed by atoms with Gasteiger partial charge in [-0.25, -0.2) is 0 Å². The van der Waals surface area contributed by atoms with E-state index in [1.807, 2.05) is 13.8 Å². The first kappa shape index (κ1) is 9.71. The van der Waals surface area contributed by atoms with Crippen LogP contribution in [-0.2, 0) is 12.8 Å². The maximum atomic E-state index is 10.7. The Morgan fingerprint density at radius 3 is 2.62 bits per heavy atom. The average Bonchev–Trinajstić information content (AvgIpc) is 2.16. The Labute approximate surface area is 77.5 Å². The van der Waals surface area contributed by atoms with Crippen LogP contribution in [0.25, 0.3) is 0 Å². The number of nitro benzene ring substituents is 1. The summed E-state index contributed by atoms with van der Waals surface area (Å²) in [5, 5.41) is 10.7. The minimum atomic E-state index is -0.311. The molecule has 0 aliphatic carbocycles. The van der Waals surface area contributed by atoms with E-state index in [-0.39, 0.29) is 10.6 Å². The summed E-state index contributed by atoms with van der Waals surface area (Å²) in [4.78, 5) is 10.4. The third-order valence-corrected chi connectivity index (χ3v) is 2.05. The topological polar surface area (TPSA) is 43.1 Å². The molecule has 69 valence electrons. The van der Waals surface area contributed by atoms with Gasteiger partial charge in [-0.05, 0) is 18.9 Å². The predicted molar refractivity (Wildman–Crippen MR) is 50.7 cm³/mol. The third kappa shape index (κ3) is 1.86. The molecule has 1 aromatic carbocycles. The van der Waals surface area contributed by atoms with Crippen LogP contribution in [0.3, 0.4) is 0 Å². The Hall–Kier alpha value is -1.38. The highest BCUT2D eigenvalue weighted by Gasteiger charge is 2.16. The summed E-state index contributed by atoms with van der Waals surface area (Å²) in [5.41, 5.74) is 1.73. The summed E-state index contributed by atoms with van der Waals surface area (Å²) < 4.78 is 0. The van der Waals surface area contributed by atoms with Crippen LogP contribution in [0.15, 0.2) is 12.1 Å². The smallest absolute Gasteiger partial charge is 0.258 e. The van der Waals surface area contributed by atoms with Crippen molar-refractivity contribution < 1.29 is 4.92 Å². The first-order valence-electron chi connectivity index (χ1n) is 4.37. The molecule has 0 unspecified atom stereocenters. The summed E-state index contributed by atoms with van der Waals surface area (Å²) in [7, 11) is 0. The molecule has 0 aromatic heterocycles. The van der Waals surface area contributed by atoms with Gasteiger partial charge in [0.25, 0.3) is 5.69 Å². The lowest BCUT2D eigenvalue weighted by Crippen LogP contribution is -1.99. The van der Waals surface area contributed by atoms with Gasteiger partial charge in [0.2, 0.25) is 0 Å². The van der Waals surface area contributed by atoms with Crippen molar-refractivity contribution in [2.24, 2.45) is 0 Å². The van der Waals surface area contributed by atoms with Gasteiger partial charge in [0.1, 0.15) is 0 Å². The molecule has 0 aliphatic heterocycles. The van der Waals surface area contributed by atoms with Crippen LogP contribution in [0.5, 0.6) is 0 Å². The van der Waals surface area contributed by atoms with Gasteiger partial charge in [-0.2, -0.15) is 0 Å². The van der Waals surface area contributed by atoms with E-state index in [4.69, 9.17) is 0 Å². The zero-order chi connectivity index (χ0) is 9.84. The standard InChI is InChI=1S/C10H12NO2/c1-3-8-6-5-7-9(4-2)10(8)11(12)13/h5-6H,3-4H2,1-2H3. The number of hydrogen-bond acceptors (Lipinski definition) is 2. The van der Waals surface area contributed by atoms with Gasteiger partial charge in [0, 0.05) is 11.1 Å². The molecule has 0 fully saturated rings. The Morgan fingerprint density at radius 2 is 2.15 bits per heavy atom. The van der Waals surface area contributed by atoms with Gasteiger partial charge in [0.15, 0.2) is 0 Å². The lowest BCUT2D eigenvalue weighted by Gasteiger charge is -2.03. The van der Waals surface area contributed by atoms with Gasteiger partial charge in [-0.3, -0.25) is 10.1 Å². The first-order valence-corrected chi connectivity index (χ1v) is 4.37. The number of benzene rings is 1. The van der Waals surface area contributed by atoms with E-state index in [1.54, 1.807) is 12.1 Å². The molecule has 0 amide bonds. The van der Waals surface area contributed by atoms with E-state index in [0.29, 0.717) is 18.4 Å². The lowest BCUT2D eigenvalue weighted by molar-refractivity contribution is -0.386. The zero-order valence-electron chi connectivity index (χ0n) is 7.83. The van der Waals surface area contributed by atoms with Crippen molar-refractivity contribution in [3.05, 3.63) is 39.4 Å². The van der Waals surface area contributed by atoms with E-state index in [0.717, 1.165) is 5.56 Å². The van der Waals surface area contributed by atoms with Crippen molar-refractivity contribution in [1.82, 2.24) is 0 Å². The second kappa shape index (κ2) is 4.03. The third-order valence-electron chi connectivity index (χ3n) is 2.05. The minimum Gasteiger partial charge on any atom is -0.258 e. The number of nitro groups is 1. The molecule has 1 aromatic rings. The van der Waals surface area contributed by atoms with Crippen molar-refractivity contribution in [2.45, 2.75) is 26.7 Å². The molecule has 13 heavy (non-hydrogen) atoms. The van der Waals surface area contributed by atoms with Crippen LogP contribution in [0.2, 0.25) is 0 Å².